The van der Waals surface area contributed by atoms with Gasteiger partial charge in [-0.25, -0.2) is 9.59 Å². The number of carbonyl (C=O) groups excluding carboxylic acids is 2. The van der Waals surface area contributed by atoms with Crippen LogP contribution >= 0.6 is 0 Å². The molecule has 0 aromatic heterocycles. The number of hydrogen-bond acceptors (Lipinski definition) is 4. The van der Waals surface area contributed by atoms with E-state index in [1.807, 2.05) is 57.2 Å². The van der Waals surface area contributed by atoms with Crippen LogP contribution in [0.25, 0.3) is 11.1 Å². The van der Waals surface area contributed by atoms with Gasteiger partial charge in [-0.1, -0.05) is 75.7 Å². The maximum Gasteiger partial charge on any atom is 0.407 e. The molecule has 2 aromatic carbocycles. The maximum absolute atomic E-state index is 12.7. The van der Waals surface area contributed by atoms with Crippen molar-refractivity contribution in [2.45, 2.75) is 58.0 Å². The molecule has 2 amide bonds. The number of fused-ring (bicyclic) bond motifs is 3. The largest absolute Gasteiger partial charge is 0.480 e. The zero-order valence-electron chi connectivity index (χ0n) is 19.3. The Morgan fingerprint density at radius 3 is 2.03 bits per heavy atom. The quantitative estimate of drug-likeness (QED) is 0.498. The van der Waals surface area contributed by atoms with Gasteiger partial charge in [-0.3, -0.25) is 4.79 Å². The van der Waals surface area contributed by atoms with Crippen molar-refractivity contribution in [3.63, 3.8) is 0 Å². The standard InChI is InChI=1S/C26H32N2O5/c1-4-9-22(24(29)27-23(25(30)31)14-16(2)3)28-26(32)33-15-21-19-12-7-5-10-17(19)18-11-6-8-13-20(18)21/h5-8,10-13,16,21-23H,4,9,14-15H2,1-3H3,(H,27,29)(H,28,32)(H,30,31)/t22-,23+/m0/s1. The van der Waals surface area contributed by atoms with Crippen molar-refractivity contribution in [3.05, 3.63) is 59.7 Å². The van der Waals surface area contributed by atoms with E-state index in [-0.39, 0.29) is 18.4 Å². The number of alkyl carbamates (subject to hydrolysis) is 1. The van der Waals surface area contributed by atoms with Crippen LogP contribution in [0.5, 0.6) is 0 Å². The highest BCUT2D eigenvalue weighted by Crippen LogP contribution is 2.44. The molecule has 2 aromatic rings. The summed E-state index contributed by atoms with van der Waals surface area (Å²) in [6, 6.07) is 14.3. The molecule has 0 aliphatic heterocycles. The molecule has 0 heterocycles. The second kappa shape index (κ2) is 11.0. The van der Waals surface area contributed by atoms with E-state index in [1.54, 1.807) is 0 Å². The van der Waals surface area contributed by atoms with Gasteiger partial charge >= 0.3 is 12.1 Å². The summed E-state index contributed by atoms with van der Waals surface area (Å²) in [7, 11) is 0. The van der Waals surface area contributed by atoms with E-state index < -0.39 is 30.1 Å². The second-order valence-electron chi connectivity index (χ2n) is 8.84. The molecule has 7 heteroatoms. The lowest BCUT2D eigenvalue weighted by molar-refractivity contribution is -0.142. The topological polar surface area (TPSA) is 105 Å². The lowest BCUT2D eigenvalue weighted by Crippen LogP contribution is -2.52. The SMILES string of the molecule is CCC[C@H](NC(=O)OCC1c2ccccc2-c2ccccc21)C(=O)N[C@H](CC(C)C)C(=O)O. The number of benzene rings is 2. The normalized spacial score (nSPS) is 14.2. The molecular formula is C26H32N2O5. The molecule has 0 spiro atoms. The number of nitrogens with one attached hydrogen (secondary N) is 2. The van der Waals surface area contributed by atoms with Gasteiger partial charge in [0, 0.05) is 5.92 Å². The number of amides is 2. The average Bonchev–Trinajstić information content (AvgIpc) is 3.10. The first-order chi connectivity index (χ1) is 15.8. The highest BCUT2D eigenvalue weighted by Gasteiger charge is 2.30. The van der Waals surface area contributed by atoms with Crippen LogP contribution in [0.4, 0.5) is 4.79 Å². The third-order valence-corrected chi connectivity index (χ3v) is 5.85. The first-order valence-electron chi connectivity index (χ1n) is 11.5. The first kappa shape index (κ1) is 24.3. The van der Waals surface area contributed by atoms with Crippen LogP contribution in [-0.2, 0) is 14.3 Å². The highest BCUT2D eigenvalue weighted by atomic mass is 16.5. The minimum atomic E-state index is -1.09. The monoisotopic (exact) mass is 452 g/mol. The molecule has 1 aliphatic carbocycles. The molecule has 7 nitrogen and oxygen atoms in total. The van der Waals surface area contributed by atoms with Crippen molar-refractivity contribution < 1.29 is 24.2 Å². The van der Waals surface area contributed by atoms with Gasteiger partial charge in [0.25, 0.3) is 0 Å². The fraction of sp³-hybridized carbons (Fsp3) is 0.423. The van der Waals surface area contributed by atoms with Crippen molar-refractivity contribution in [1.82, 2.24) is 10.6 Å². The zero-order valence-corrected chi connectivity index (χ0v) is 19.3. The number of carbonyl (C=O) groups is 3. The lowest BCUT2D eigenvalue weighted by atomic mass is 9.98. The molecular weight excluding hydrogens is 420 g/mol. The van der Waals surface area contributed by atoms with Crippen LogP contribution in [0.2, 0.25) is 0 Å². The van der Waals surface area contributed by atoms with Crippen LogP contribution in [0.15, 0.2) is 48.5 Å². The van der Waals surface area contributed by atoms with Crippen molar-refractivity contribution in [2.75, 3.05) is 6.61 Å². The number of aliphatic carboxylic acids is 1. The van der Waals surface area contributed by atoms with Gasteiger partial charge in [-0.2, -0.15) is 0 Å². The van der Waals surface area contributed by atoms with E-state index in [1.165, 1.54) is 0 Å². The van der Waals surface area contributed by atoms with E-state index in [0.717, 1.165) is 22.3 Å². The van der Waals surface area contributed by atoms with Crippen molar-refractivity contribution in [2.24, 2.45) is 5.92 Å². The van der Waals surface area contributed by atoms with Crippen LogP contribution in [0, 0.1) is 5.92 Å². The second-order valence-corrected chi connectivity index (χ2v) is 8.84. The van der Waals surface area contributed by atoms with E-state index in [2.05, 4.69) is 22.8 Å². The van der Waals surface area contributed by atoms with Gasteiger partial charge in [0.2, 0.25) is 5.91 Å². The average molecular weight is 453 g/mol. The summed E-state index contributed by atoms with van der Waals surface area (Å²) in [4.78, 5) is 36.8. The Kier molecular flexibility index (Phi) is 8.09. The Morgan fingerprint density at radius 1 is 0.939 bits per heavy atom. The number of rotatable bonds is 10. The smallest absolute Gasteiger partial charge is 0.407 e. The van der Waals surface area contributed by atoms with Crippen molar-refractivity contribution in [1.29, 1.82) is 0 Å². The highest BCUT2D eigenvalue weighted by molar-refractivity contribution is 5.89. The number of carboxylic acids is 1. The zero-order chi connectivity index (χ0) is 24.0. The van der Waals surface area contributed by atoms with Gasteiger partial charge in [-0.05, 0) is 41.0 Å². The van der Waals surface area contributed by atoms with E-state index in [0.29, 0.717) is 19.3 Å². The molecule has 1 aliphatic rings. The Morgan fingerprint density at radius 2 is 1.52 bits per heavy atom. The van der Waals surface area contributed by atoms with Gasteiger partial charge in [0.15, 0.2) is 0 Å². The fourth-order valence-electron chi connectivity index (χ4n) is 4.31. The number of hydrogen-bond donors (Lipinski definition) is 3. The van der Waals surface area contributed by atoms with Crippen molar-refractivity contribution in [3.8, 4) is 11.1 Å². The summed E-state index contributed by atoms with van der Waals surface area (Å²) >= 11 is 0. The molecule has 0 bridgehead atoms. The predicted octanol–water partition coefficient (Wildman–Crippen LogP) is 4.31. The Labute approximate surface area is 194 Å². The predicted molar refractivity (Wildman–Crippen MR) is 126 cm³/mol. The molecule has 3 rings (SSSR count). The summed E-state index contributed by atoms with van der Waals surface area (Å²) in [5.74, 6) is -1.58. The summed E-state index contributed by atoms with van der Waals surface area (Å²) in [5.41, 5.74) is 4.48. The molecule has 0 saturated carbocycles. The Bertz CT molecular complexity index is 958. The molecule has 0 fully saturated rings. The summed E-state index contributed by atoms with van der Waals surface area (Å²) in [5, 5.41) is 14.6. The number of carboxylic acid groups (broad SMARTS) is 1. The third kappa shape index (κ3) is 5.92. The first-order valence-corrected chi connectivity index (χ1v) is 11.5. The van der Waals surface area contributed by atoms with Gasteiger partial charge in [0.1, 0.15) is 18.7 Å². The minimum Gasteiger partial charge on any atom is -0.480 e. The summed E-state index contributed by atoms with van der Waals surface area (Å²) in [6.07, 6.45) is 0.639. The van der Waals surface area contributed by atoms with Crippen LogP contribution < -0.4 is 10.6 Å². The molecule has 176 valence electrons. The Hall–Kier alpha value is -3.35. The molecule has 0 unspecified atom stereocenters. The van der Waals surface area contributed by atoms with Gasteiger partial charge in [0.05, 0.1) is 0 Å². The van der Waals surface area contributed by atoms with Crippen LogP contribution in [0.3, 0.4) is 0 Å². The van der Waals surface area contributed by atoms with E-state index in [9.17, 15) is 19.5 Å². The maximum atomic E-state index is 12.7. The van der Waals surface area contributed by atoms with Crippen molar-refractivity contribution >= 4 is 18.0 Å². The number of ether oxygens (including phenoxy) is 1. The minimum absolute atomic E-state index is 0.0796. The fourth-order valence-corrected chi connectivity index (χ4v) is 4.31. The summed E-state index contributed by atoms with van der Waals surface area (Å²) in [6.45, 7) is 5.81. The summed E-state index contributed by atoms with van der Waals surface area (Å²) < 4.78 is 5.54. The van der Waals surface area contributed by atoms with Gasteiger partial charge in [-0.15, -0.1) is 0 Å². The van der Waals surface area contributed by atoms with Crippen LogP contribution in [-0.4, -0.2) is 41.8 Å². The van der Waals surface area contributed by atoms with Gasteiger partial charge < -0.3 is 20.5 Å². The molecule has 0 radical (unpaired) electrons. The third-order valence-electron chi connectivity index (χ3n) is 5.85. The van der Waals surface area contributed by atoms with Crippen LogP contribution in [0.1, 0.15) is 57.1 Å². The Balaban J connectivity index is 1.64. The molecule has 33 heavy (non-hydrogen) atoms. The molecule has 2 atom stereocenters. The molecule has 0 saturated heterocycles. The molecule has 3 N–H and O–H groups in total. The van der Waals surface area contributed by atoms with E-state index in [4.69, 9.17) is 4.74 Å². The lowest BCUT2D eigenvalue weighted by Gasteiger charge is -2.22. The van der Waals surface area contributed by atoms with E-state index >= 15 is 0 Å².